The summed E-state index contributed by atoms with van der Waals surface area (Å²) in [6, 6.07) is 79.6. The molecular weight excluding hydrogens is 906 g/mol. The first-order chi connectivity index (χ1) is 34.6. The first-order valence-corrected chi connectivity index (χ1v) is 24.7. The van der Waals surface area contributed by atoms with Crippen LogP contribution in [0.15, 0.2) is 200 Å². The molecule has 16 aromatic rings. The van der Waals surface area contributed by atoms with E-state index in [0.29, 0.717) is 0 Å². The Morgan fingerprint density at radius 2 is 0.718 bits per heavy atom. The van der Waals surface area contributed by atoms with E-state index in [-0.39, 0.29) is 19.5 Å². The van der Waals surface area contributed by atoms with Crippen molar-refractivity contribution in [3.63, 3.8) is 0 Å². The van der Waals surface area contributed by atoms with E-state index in [1.807, 2.05) is 0 Å². The maximum Gasteiger partial charge on any atom is 0 e. The molecule has 0 bridgehead atoms. The molecule has 1 aliphatic carbocycles. The van der Waals surface area contributed by atoms with Gasteiger partial charge in [0, 0.05) is 19.5 Å². The zero-order chi connectivity index (χ0) is 45.7. The van der Waals surface area contributed by atoms with Crippen LogP contribution in [0.3, 0.4) is 0 Å². The predicted octanol–water partition coefficient (Wildman–Crippen LogP) is 19.7. The summed E-state index contributed by atoms with van der Waals surface area (Å²) in [5.74, 6) is 0. The average Bonchev–Trinajstić information content (AvgIpc) is 4.05. The molecule has 16 aromatic carbocycles. The van der Waals surface area contributed by atoms with Gasteiger partial charge in [0.2, 0.25) is 0 Å². The van der Waals surface area contributed by atoms with Crippen LogP contribution in [0.5, 0.6) is 0 Å². The van der Waals surface area contributed by atoms with Crippen molar-refractivity contribution in [3.8, 4) is 55.6 Å². The third-order valence-electron chi connectivity index (χ3n) is 16.8. The van der Waals surface area contributed by atoms with Crippen LogP contribution in [0.4, 0.5) is 0 Å². The molecule has 0 heterocycles. The summed E-state index contributed by atoms with van der Waals surface area (Å²) < 4.78 is 0. The quantitative estimate of drug-likeness (QED) is 0.0717. The molecule has 0 saturated heterocycles. The van der Waals surface area contributed by atoms with Gasteiger partial charge in [0.25, 0.3) is 0 Å². The number of hydrogen-bond donors (Lipinski definition) is 0. The van der Waals surface area contributed by atoms with Gasteiger partial charge in [0.1, 0.15) is 0 Å². The summed E-state index contributed by atoms with van der Waals surface area (Å²) >= 11 is 0. The SMILES string of the molecule is Cc1ccccc1-c1c2c(c(-c3ccccc3C)c3cc[c-]cc13)-c1ccc3c4ccc5c6c(-c7ccccc7)c7cc8ccccc8c8c9ccccc9c(c6c6ccc(c9ccc-2c1c39)c4c56)c78.[Zn]. The Bertz CT molecular complexity index is 4850. The third-order valence-corrected chi connectivity index (χ3v) is 16.8. The summed E-state index contributed by atoms with van der Waals surface area (Å²) in [6.45, 7) is 4.52. The minimum Gasteiger partial charge on any atom is -0.183 e. The van der Waals surface area contributed by atoms with E-state index in [2.05, 4.69) is 220 Å². The normalized spacial score (nSPS) is 12.5. The first kappa shape index (κ1) is 39.6. The predicted molar refractivity (Wildman–Crippen MR) is 302 cm³/mol. The van der Waals surface area contributed by atoms with Gasteiger partial charge >= 0.3 is 0 Å². The van der Waals surface area contributed by atoms with E-state index in [9.17, 15) is 0 Å². The maximum atomic E-state index is 3.52. The minimum atomic E-state index is 0. The molecule has 0 nitrogen and oxygen atoms in total. The van der Waals surface area contributed by atoms with Crippen molar-refractivity contribution >= 4 is 118 Å². The standard InChI is InChI=1S/C70H39.Zn/c1-37-16-6-9-21-41(37)58-44-24-12-13-25-45(44)59(42-22-10-7-17-38(42)2)68-54-34-30-50-51-31-35-55-63-52(32-28-48(61(51)63)49-29-33-53(67(58)68)64(54)62(49)50)66-57(39-18-4-3-5-19-39)56-36-40-20-8-11-23-43(40)60-46-26-14-15-27-47(46)65(69(55)66)70(56)60;/h3-12,14-36H,1-2H3;/q-1;. The van der Waals surface area contributed by atoms with E-state index < -0.39 is 0 Å². The topological polar surface area (TPSA) is 0 Å². The molecule has 1 heteroatoms. The second-order valence-electron chi connectivity index (χ2n) is 20.1. The van der Waals surface area contributed by atoms with E-state index in [4.69, 9.17) is 0 Å². The Morgan fingerprint density at radius 1 is 0.268 bits per heavy atom. The molecule has 0 unspecified atom stereocenters. The Morgan fingerprint density at radius 3 is 1.38 bits per heavy atom. The van der Waals surface area contributed by atoms with Crippen LogP contribution in [0.1, 0.15) is 11.1 Å². The number of aryl methyl sites for hydroxylation is 2. The fourth-order valence-corrected chi connectivity index (χ4v) is 14.1. The van der Waals surface area contributed by atoms with Crippen molar-refractivity contribution in [1.82, 2.24) is 0 Å². The van der Waals surface area contributed by atoms with Crippen LogP contribution >= 0.6 is 0 Å². The number of rotatable bonds is 3. The van der Waals surface area contributed by atoms with Gasteiger partial charge in [-0.05, 0) is 189 Å². The summed E-state index contributed by atoms with van der Waals surface area (Å²) in [5.41, 5.74) is 15.6. The molecule has 0 N–H and O–H groups in total. The van der Waals surface area contributed by atoms with Gasteiger partial charge in [-0.2, -0.15) is 24.3 Å². The summed E-state index contributed by atoms with van der Waals surface area (Å²) in [6.07, 6.45) is 0. The molecule has 0 amide bonds. The van der Waals surface area contributed by atoms with Crippen LogP contribution in [0, 0.1) is 19.9 Å². The van der Waals surface area contributed by atoms with Crippen molar-refractivity contribution < 1.29 is 19.5 Å². The Kier molecular flexibility index (Phi) is 7.80. The number of hydrogen-bond acceptors (Lipinski definition) is 0. The van der Waals surface area contributed by atoms with Crippen molar-refractivity contribution in [2.24, 2.45) is 0 Å². The molecule has 1 aliphatic rings. The van der Waals surface area contributed by atoms with Crippen LogP contribution < -0.4 is 0 Å². The summed E-state index contributed by atoms with van der Waals surface area (Å²) in [7, 11) is 0. The second kappa shape index (κ2) is 14.0. The molecule has 71 heavy (non-hydrogen) atoms. The van der Waals surface area contributed by atoms with Gasteiger partial charge in [-0.3, -0.25) is 0 Å². The van der Waals surface area contributed by atoms with Crippen molar-refractivity contribution in [1.29, 1.82) is 0 Å². The number of benzene rings is 14. The third kappa shape index (κ3) is 4.79. The van der Waals surface area contributed by atoms with Crippen LogP contribution in [-0.2, 0) is 19.5 Å². The molecule has 322 valence electrons. The van der Waals surface area contributed by atoms with Gasteiger partial charge in [-0.25, -0.2) is 0 Å². The molecule has 0 aliphatic heterocycles. The molecule has 0 saturated carbocycles. The van der Waals surface area contributed by atoms with E-state index in [1.54, 1.807) is 0 Å². The van der Waals surface area contributed by atoms with Crippen LogP contribution in [-0.4, -0.2) is 0 Å². The molecule has 0 spiro atoms. The van der Waals surface area contributed by atoms with Crippen molar-refractivity contribution in [2.45, 2.75) is 13.8 Å². The van der Waals surface area contributed by atoms with Gasteiger partial charge in [0.15, 0.2) is 0 Å². The van der Waals surface area contributed by atoms with Crippen LogP contribution in [0.25, 0.3) is 174 Å². The zero-order valence-corrected chi connectivity index (χ0v) is 42.2. The van der Waals surface area contributed by atoms with E-state index in [0.717, 1.165) is 0 Å². The Labute approximate surface area is 422 Å². The number of fused-ring (bicyclic) bond motifs is 15. The van der Waals surface area contributed by atoms with Crippen LogP contribution in [0.2, 0.25) is 0 Å². The zero-order valence-electron chi connectivity index (χ0n) is 39.3. The average molecular weight is 945 g/mol. The first-order valence-electron chi connectivity index (χ1n) is 24.7. The fourth-order valence-electron chi connectivity index (χ4n) is 14.1. The summed E-state index contributed by atoms with van der Waals surface area (Å²) in [4.78, 5) is 0. The monoisotopic (exact) mass is 943 g/mol. The van der Waals surface area contributed by atoms with Gasteiger partial charge in [-0.15, -0.1) is 10.8 Å². The Hall–Kier alpha value is -8.22. The second-order valence-corrected chi connectivity index (χ2v) is 20.1. The molecule has 0 atom stereocenters. The molecule has 0 aromatic heterocycles. The fraction of sp³-hybridized carbons (Fsp3) is 0.0286. The minimum absolute atomic E-state index is 0. The van der Waals surface area contributed by atoms with Crippen molar-refractivity contribution in [2.75, 3.05) is 0 Å². The van der Waals surface area contributed by atoms with Gasteiger partial charge in [0.05, 0.1) is 0 Å². The van der Waals surface area contributed by atoms with E-state index >= 15 is 0 Å². The molecule has 0 radical (unpaired) electrons. The molecular formula is C70H39Zn-. The Balaban J connectivity index is 0.00000435. The summed E-state index contributed by atoms with van der Waals surface area (Å²) in [5, 5.41) is 29.4. The van der Waals surface area contributed by atoms with Gasteiger partial charge < -0.3 is 0 Å². The molecule has 17 rings (SSSR count). The van der Waals surface area contributed by atoms with Crippen molar-refractivity contribution in [3.05, 3.63) is 217 Å². The van der Waals surface area contributed by atoms with Gasteiger partial charge in [-0.1, -0.05) is 181 Å². The largest absolute Gasteiger partial charge is 0.183 e. The van der Waals surface area contributed by atoms with E-state index in [1.165, 1.54) is 185 Å². The smallest absolute Gasteiger partial charge is 0 e. The maximum absolute atomic E-state index is 3.52. The molecule has 0 fully saturated rings.